The Labute approximate surface area is 253 Å². The Bertz CT molecular complexity index is 1510. The number of amides is 2. The highest BCUT2D eigenvalue weighted by molar-refractivity contribution is 6.01. The molecule has 0 aliphatic carbocycles. The summed E-state index contributed by atoms with van der Waals surface area (Å²) >= 11 is 0. The highest BCUT2D eigenvalue weighted by atomic mass is 19.1. The standard InChI is InChI=1S/C36H38FN3O3/c1-3-39(24-26-10-5-4-6-11-26)23-9-22-38-35(41)33-31-12-7-8-13-32(31)36(42)40(25-27-14-18-29(37)19-15-27)34(33)28-16-20-30(43-2)21-17-28/h4-8,10-21,33-34H,3,9,22-25H2,1-2H3,(H,38,41)/t33-,34-/m1/s1. The van der Waals surface area contributed by atoms with Crippen LogP contribution in [0.5, 0.6) is 5.75 Å². The molecule has 2 amide bonds. The van der Waals surface area contributed by atoms with Gasteiger partial charge in [-0.2, -0.15) is 0 Å². The molecule has 0 radical (unpaired) electrons. The van der Waals surface area contributed by atoms with E-state index in [2.05, 4.69) is 41.4 Å². The minimum Gasteiger partial charge on any atom is -0.497 e. The number of benzene rings is 4. The maximum Gasteiger partial charge on any atom is 0.255 e. The minimum atomic E-state index is -0.630. The van der Waals surface area contributed by atoms with E-state index in [1.165, 1.54) is 17.7 Å². The first-order valence-electron chi connectivity index (χ1n) is 14.8. The van der Waals surface area contributed by atoms with Crippen LogP contribution in [0.3, 0.4) is 0 Å². The van der Waals surface area contributed by atoms with Crippen LogP contribution in [0.25, 0.3) is 0 Å². The Balaban J connectivity index is 1.40. The van der Waals surface area contributed by atoms with E-state index in [0.29, 0.717) is 23.4 Å². The fraction of sp³-hybridized carbons (Fsp3) is 0.278. The van der Waals surface area contributed by atoms with E-state index < -0.39 is 12.0 Å². The molecule has 0 saturated heterocycles. The van der Waals surface area contributed by atoms with E-state index in [4.69, 9.17) is 4.74 Å². The molecule has 222 valence electrons. The van der Waals surface area contributed by atoms with Crippen LogP contribution < -0.4 is 10.1 Å². The molecule has 7 heteroatoms. The first-order valence-corrected chi connectivity index (χ1v) is 14.8. The first kappa shape index (κ1) is 30.0. The van der Waals surface area contributed by atoms with Gasteiger partial charge in [0.2, 0.25) is 5.91 Å². The largest absolute Gasteiger partial charge is 0.497 e. The van der Waals surface area contributed by atoms with Crippen LogP contribution >= 0.6 is 0 Å². The second-order valence-electron chi connectivity index (χ2n) is 10.8. The lowest BCUT2D eigenvalue weighted by Crippen LogP contribution is -2.47. The van der Waals surface area contributed by atoms with E-state index >= 15 is 0 Å². The Morgan fingerprint density at radius 3 is 2.30 bits per heavy atom. The lowest BCUT2D eigenvalue weighted by Gasteiger charge is -2.42. The molecule has 0 fully saturated rings. The number of rotatable bonds is 12. The fourth-order valence-electron chi connectivity index (χ4n) is 5.82. The number of nitrogens with one attached hydrogen (secondary N) is 1. The van der Waals surface area contributed by atoms with Gasteiger partial charge in [0.25, 0.3) is 5.91 Å². The van der Waals surface area contributed by atoms with Gasteiger partial charge in [0.1, 0.15) is 11.6 Å². The monoisotopic (exact) mass is 579 g/mol. The summed E-state index contributed by atoms with van der Waals surface area (Å²) in [6, 6.07) is 30.8. The average molecular weight is 580 g/mol. The molecular weight excluding hydrogens is 541 g/mol. The zero-order chi connectivity index (χ0) is 30.2. The summed E-state index contributed by atoms with van der Waals surface area (Å²) in [6.07, 6.45) is 0.798. The Morgan fingerprint density at radius 2 is 1.60 bits per heavy atom. The summed E-state index contributed by atoms with van der Waals surface area (Å²) in [5, 5.41) is 3.19. The van der Waals surface area contributed by atoms with Crippen molar-refractivity contribution in [3.63, 3.8) is 0 Å². The van der Waals surface area contributed by atoms with Gasteiger partial charge in [-0.15, -0.1) is 0 Å². The molecule has 0 saturated carbocycles. The summed E-state index contributed by atoms with van der Waals surface area (Å²) in [5.74, 6) is -0.573. The van der Waals surface area contributed by atoms with Crippen molar-refractivity contribution in [3.05, 3.63) is 137 Å². The van der Waals surface area contributed by atoms with Crippen molar-refractivity contribution in [2.45, 2.75) is 38.4 Å². The number of hydrogen-bond acceptors (Lipinski definition) is 4. The Hall–Kier alpha value is -4.49. The van der Waals surface area contributed by atoms with Crippen molar-refractivity contribution in [1.82, 2.24) is 15.1 Å². The zero-order valence-electron chi connectivity index (χ0n) is 24.7. The second kappa shape index (κ2) is 14.1. The molecule has 5 rings (SSSR count). The number of fused-ring (bicyclic) bond motifs is 1. The second-order valence-corrected chi connectivity index (χ2v) is 10.8. The molecule has 0 spiro atoms. The predicted octanol–water partition coefficient (Wildman–Crippen LogP) is 6.34. The highest BCUT2D eigenvalue weighted by Crippen LogP contribution is 2.44. The Kier molecular flexibility index (Phi) is 9.84. The number of hydrogen-bond donors (Lipinski definition) is 1. The SMILES string of the molecule is CCN(CCCNC(=O)[C@@H]1c2ccccc2C(=O)N(Cc2ccc(F)cc2)[C@@H]1c1ccc(OC)cc1)Cc1ccccc1. The van der Waals surface area contributed by atoms with E-state index in [9.17, 15) is 14.0 Å². The van der Waals surface area contributed by atoms with Crippen molar-refractivity contribution >= 4 is 11.8 Å². The lowest BCUT2D eigenvalue weighted by molar-refractivity contribution is -0.124. The van der Waals surface area contributed by atoms with E-state index in [0.717, 1.165) is 37.2 Å². The van der Waals surface area contributed by atoms with Gasteiger partial charge >= 0.3 is 0 Å². The summed E-state index contributed by atoms with van der Waals surface area (Å²) in [4.78, 5) is 32.2. The van der Waals surface area contributed by atoms with Crippen LogP contribution in [0, 0.1) is 5.82 Å². The van der Waals surface area contributed by atoms with Gasteiger partial charge < -0.3 is 15.0 Å². The maximum absolute atomic E-state index is 14.1. The smallest absolute Gasteiger partial charge is 0.255 e. The number of halogens is 1. The number of carbonyl (C=O) groups excluding carboxylic acids is 2. The summed E-state index contributed by atoms with van der Waals surface area (Å²) < 4.78 is 19.1. The normalized spacial score (nSPS) is 16.2. The molecule has 4 aromatic rings. The van der Waals surface area contributed by atoms with Crippen LogP contribution in [-0.4, -0.2) is 48.4 Å². The number of carbonyl (C=O) groups is 2. The molecule has 43 heavy (non-hydrogen) atoms. The molecule has 1 aliphatic rings. The molecule has 2 atom stereocenters. The van der Waals surface area contributed by atoms with Crippen molar-refractivity contribution in [3.8, 4) is 5.75 Å². The van der Waals surface area contributed by atoms with E-state index in [-0.39, 0.29) is 24.2 Å². The number of methoxy groups -OCH3 is 1. The molecule has 1 heterocycles. The third-order valence-electron chi connectivity index (χ3n) is 8.09. The molecule has 6 nitrogen and oxygen atoms in total. The maximum atomic E-state index is 14.1. The van der Waals surface area contributed by atoms with Crippen molar-refractivity contribution in [2.24, 2.45) is 0 Å². The van der Waals surface area contributed by atoms with Crippen LogP contribution in [0.15, 0.2) is 103 Å². The van der Waals surface area contributed by atoms with Gasteiger partial charge in [-0.25, -0.2) is 4.39 Å². The quantitative estimate of drug-likeness (QED) is 0.199. The minimum absolute atomic E-state index is 0.129. The van der Waals surface area contributed by atoms with E-state index in [1.807, 2.05) is 48.5 Å². The molecule has 1 aliphatic heterocycles. The summed E-state index contributed by atoms with van der Waals surface area (Å²) in [7, 11) is 1.60. The van der Waals surface area contributed by atoms with E-state index in [1.54, 1.807) is 30.2 Å². The van der Waals surface area contributed by atoms with Gasteiger partial charge in [0, 0.05) is 31.7 Å². The number of nitrogens with zero attached hydrogens (tertiary/aromatic N) is 2. The summed E-state index contributed by atoms with van der Waals surface area (Å²) in [5.41, 5.74) is 4.09. The van der Waals surface area contributed by atoms with Gasteiger partial charge in [-0.05, 0) is 65.6 Å². The Morgan fingerprint density at radius 1 is 0.907 bits per heavy atom. The van der Waals surface area contributed by atoms with Crippen molar-refractivity contribution < 1.29 is 18.7 Å². The van der Waals surface area contributed by atoms with Gasteiger partial charge in [0.05, 0.1) is 19.1 Å². The third-order valence-corrected chi connectivity index (χ3v) is 8.09. The molecule has 4 aromatic carbocycles. The predicted molar refractivity (Wildman–Crippen MR) is 166 cm³/mol. The van der Waals surface area contributed by atoms with Crippen LogP contribution in [0.4, 0.5) is 4.39 Å². The van der Waals surface area contributed by atoms with Gasteiger partial charge in [0.15, 0.2) is 0 Å². The molecule has 0 aromatic heterocycles. The zero-order valence-corrected chi connectivity index (χ0v) is 24.7. The van der Waals surface area contributed by atoms with Gasteiger partial charge in [-0.3, -0.25) is 14.5 Å². The highest BCUT2D eigenvalue weighted by Gasteiger charge is 2.44. The van der Waals surface area contributed by atoms with Crippen molar-refractivity contribution in [2.75, 3.05) is 26.7 Å². The summed E-state index contributed by atoms with van der Waals surface area (Å²) in [6.45, 7) is 5.53. The molecular formula is C36H38FN3O3. The first-order chi connectivity index (χ1) is 21.0. The van der Waals surface area contributed by atoms with Crippen LogP contribution in [0.2, 0.25) is 0 Å². The van der Waals surface area contributed by atoms with Crippen LogP contribution in [-0.2, 0) is 17.9 Å². The lowest BCUT2D eigenvalue weighted by atomic mass is 9.79. The van der Waals surface area contributed by atoms with Crippen LogP contribution in [0.1, 0.15) is 57.9 Å². The molecule has 0 bridgehead atoms. The molecule has 1 N–H and O–H groups in total. The van der Waals surface area contributed by atoms with Crippen molar-refractivity contribution in [1.29, 1.82) is 0 Å². The average Bonchev–Trinajstić information content (AvgIpc) is 3.05. The fourth-order valence-corrected chi connectivity index (χ4v) is 5.82. The van der Waals surface area contributed by atoms with Gasteiger partial charge in [-0.1, -0.05) is 79.7 Å². The topological polar surface area (TPSA) is 61.9 Å². The molecule has 0 unspecified atom stereocenters. The number of ether oxygens (including phenoxy) is 1. The third kappa shape index (κ3) is 7.12.